The van der Waals surface area contributed by atoms with E-state index in [1.165, 1.54) is 95.6 Å². The van der Waals surface area contributed by atoms with E-state index in [1.807, 2.05) is 11.6 Å². The quantitative estimate of drug-likeness (QED) is 0.123. The van der Waals surface area contributed by atoms with E-state index in [0.29, 0.717) is 18.0 Å². The SMILES string of the molecule is CCCCCCCCCCCCCCCCCCOC(=O)Nc1ccc(NC(=O)NS(=O)(=O)c2ccc(C)cc2)cc1. The lowest BCUT2D eigenvalue weighted by Crippen LogP contribution is -2.34. The number of amides is 3. The first-order chi connectivity index (χ1) is 20.3. The van der Waals surface area contributed by atoms with E-state index < -0.39 is 22.1 Å². The fourth-order valence-electron chi connectivity index (χ4n) is 4.66. The number of urea groups is 1. The van der Waals surface area contributed by atoms with Gasteiger partial charge in [-0.25, -0.2) is 22.7 Å². The summed E-state index contributed by atoms with van der Waals surface area (Å²) < 4.78 is 31.9. The van der Waals surface area contributed by atoms with Crippen molar-refractivity contribution in [2.45, 2.75) is 121 Å². The van der Waals surface area contributed by atoms with E-state index in [0.717, 1.165) is 24.8 Å². The number of hydrogen-bond acceptors (Lipinski definition) is 5. The van der Waals surface area contributed by atoms with Crippen LogP contribution in [-0.4, -0.2) is 27.1 Å². The molecular formula is C33H51N3O5S. The Morgan fingerprint density at radius 2 is 1.05 bits per heavy atom. The van der Waals surface area contributed by atoms with E-state index in [4.69, 9.17) is 4.74 Å². The molecule has 0 aliphatic rings. The van der Waals surface area contributed by atoms with Crippen LogP contribution < -0.4 is 15.4 Å². The molecule has 0 saturated carbocycles. The number of aryl methyl sites for hydroxylation is 1. The van der Waals surface area contributed by atoms with Crippen molar-refractivity contribution >= 4 is 33.5 Å². The first-order valence-electron chi connectivity index (χ1n) is 15.7. The number of hydrogen-bond donors (Lipinski definition) is 3. The molecule has 2 aromatic rings. The lowest BCUT2D eigenvalue weighted by atomic mass is 10.0. The summed E-state index contributed by atoms with van der Waals surface area (Å²) in [6, 6.07) is 11.6. The Bertz CT molecular complexity index is 1140. The highest BCUT2D eigenvalue weighted by Gasteiger charge is 2.17. The van der Waals surface area contributed by atoms with E-state index in [-0.39, 0.29) is 4.90 Å². The maximum Gasteiger partial charge on any atom is 0.411 e. The van der Waals surface area contributed by atoms with Gasteiger partial charge in [0.05, 0.1) is 11.5 Å². The van der Waals surface area contributed by atoms with Gasteiger partial charge in [0.1, 0.15) is 0 Å². The van der Waals surface area contributed by atoms with E-state index in [9.17, 15) is 18.0 Å². The number of anilines is 2. The molecule has 2 rings (SSSR count). The molecule has 0 atom stereocenters. The average molecular weight is 602 g/mol. The lowest BCUT2D eigenvalue weighted by molar-refractivity contribution is 0.159. The normalized spacial score (nSPS) is 11.2. The molecule has 0 bridgehead atoms. The van der Waals surface area contributed by atoms with Crippen LogP contribution in [-0.2, 0) is 14.8 Å². The van der Waals surface area contributed by atoms with Gasteiger partial charge in [-0.05, 0) is 49.7 Å². The van der Waals surface area contributed by atoms with E-state index in [2.05, 4.69) is 17.6 Å². The number of unbranched alkanes of at least 4 members (excludes halogenated alkanes) is 15. The first kappa shape index (κ1) is 35.1. The third-order valence-corrected chi connectivity index (χ3v) is 8.53. The van der Waals surface area contributed by atoms with Gasteiger partial charge in [0.15, 0.2) is 0 Å². The van der Waals surface area contributed by atoms with Crippen molar-refractivity contribution in [2.24, 2.45) is 0 Å². The molecule has 0 radical (unpaired) electrons. The minimum atomic E-state index is -3.98. The number of carbonyl (C=O) groups is 2. The Balaban J connectivity index is 1.48. The molecule has 0 heterocycles. The van der Waals surface area contributed by atoms with Crippen molar-refractivity contribution in [1.29, 1.82) is 0 Å². The number of rotatable bonds is 21. The molecule has 0 saturated heterocycles. The Morgan fingerprint density at radius 1 is 0.619 bits per heavy atom. The summed E-state index contributed by atoms with van der Waals surface area (Å²) in [7, 11) is -3.98. The molecule has 0 spiro atoms. The molecule has 3 amide bonds. The zero-order valence-electron chi connectivity index (χ0n) is 25.6. The number of carbonyl (C=O) groups excluding carboxylic acids is 2. The lowest BCUT2D eigenvalue weighted by Gasteiger charge is -2.10. The van der Waals surface area contributed by atoms with Gasteiger partial charge in [0.2, 0.25) is 0 Å². The summed E-state index contributed by atoms with van der Waals surface area (Å²) in [5.74, 6) is 0. The van der Waals surface area contributed by atoms with Crippen molar-refractivity contribution in [3.05, 3.63) is 54.1 Å². The van der Waals surface area contributed by atoms with Gasteiger partial charge in [-0.1, -0.05) is 121 Å². The smallest absolute Gasteiger partial charge is 0.411 e. The summed E-state index contributed by atoms with van der Waals surface area (Å²) in [5.41, 5.74) is 1.79. The fraction of sp³-hybridized carbons (Fsp3) is 0.576. The Kier molecular flexibility index (Phi) is 17.4. The van der Waals surface area contributed by atoms with Crippen molar-refractivity contribution in [2.75, 3.05) is 17.2 Å². The van der Waals surface area contributed by atoms with Crippen molar-refractivity contribution in [3.8, 4) is 0 Å². The third-order valence-electron chi connectivity index (χ3n) is 7.18. The van der Waals surface area contributed by atoms with Crippen LogP contribution in [0.25, 0.3) is 0 Å². The van der Waals surface area contributed by atoms with Crippen molar-refractivity contribution in [1.82, 2.24) is 4.72 Å². The summed E-state index contributed by atoms with van der Waals surface area (Å²) in [5, 5.41) is 5.13. The van der Waals surface area contributed by atoms with Gasteiger partial charge in [0, 0.05) is 11.4 Å². The van der Waals surface area contributed by atoms with Gasteiger partial charge in [-0.2, -0.15) is 0 Å². The zero-order chi connectivity index (χ0) is 30.5. The molecule has 0 fully saturated rings. The predicted octanol–water partition coefficient (Wildman–Crippen LogP) is 9.32. The second-order valence-electron chi connectivity index (χ2n) is 11.0. The minimum Gasteiger partial charge on any atom is -0.449 e. The Labute approximate surface area is 253 Å². The molecule has 8 nitrogen and oxygen atoms in total. The largest absolute Gasteiger partial charge is 0.449 e. The molecule has 0 unspecified atom stereocenters. The predicted molar refractivity (Wildman–Crippen MR) is 171 cm³/mol. The highest BCUT2D eigenvalue weighted by atomic mass is 32.2. The Morgan fingerprint density at radius 3 is 1.52 bits per heavy atom. The maximum absolute atomic E-state index is 12.3. The molecule has 9 heteroatoms. The molecule has 0 aliphatic carbocycles. The summed E-state index contributed by atoms with van der Waals surface area (Å²) in [6.07, 6.45) is 20.2. The van der Waals surface area contributed by atoms with Gasteiger partial charge < -0.3 is 10.1 Å². The fourth-order valence-corrected chi connectivity index (χ4v) is 5.57. The summed E-state index contributed by atoms with van der Waals surface area (Å²) in [6.45, 7) is 4.48. The number of ether oxygens (including phenoxy) is 1. The zero-order valence-corrected chi connectivity index (χ0v) is 26.4. The van der Waals surface area contributed by atoms with Crippen LogP contribution in [0.15, 0.2) is 53.4 Å². The molecular weight excluding hydrogens is 550 g/mol. The maximum atomic E-state index is 12.3. The van der Waals surface area contributed by atoms with Gasteiger partial charge in [-0.15, -0.1) is 0 Å². The number of benzene rings is 2. The first-order valence-corrected chi connectivity index (χ1v) is 17.2. The van der Waals surface area contributed by atoms with Crippen LogP contribution in [0.1, 0.15) is 115 Å². The summed E-state index contributed by atoms with van der Waals surface area (Å²) >= 11 is 0. The van der Waals surface area contributed by atoms with Gasteiger partial charge >= 0.3 is 12.1 Å². The van der Waals surface area contributed by atoms with E-state index in [1.54, 1.807) is 36.4 Å². The monoisotopic (exact) mass is 601 g/mol. The highest BCUT2D eigenvalue weighted by Crippen LogP contribution is 2.16. The third kappa shape index (κ3) is 15.8. The molecule has 3 N–H and O–H groups in total. The second kappa shape index (κ2) is 20.8. The number of nitrogens with one attached hydrogen (secondary N) is 3. The second-order valence-corrected chi connectivity index (χ2v) is 12.7. The highest BCUT2D eigenvalue weighted by molar-refractivity contribution is 7.90. The standard InChI is InChI=1S/C33H51N3O5S/c1-3-4-5-6-7-8-9-10-11-12-13-14-15-16-17-18-27-41-33(38)35-30-23-21-29(22-24-30)34-32(37)36-42(39,40)31-25-19-28(2)20-26-31/h19-26H,3-18,27H2,1-2H3,(H,35,38)(H2,34,36,37). The van der Waals surface area contributed by atoms with E-state index >= 15 is 0 Å². The number of sulfonamides is 1. The molecule has 42 heavy (non-hydrogen) atoms. The van der Waals surface area contributed by atoms with Crippen LogP contribution in [0.4, 0.5) is 21.0 Å². The Hall–Kier alpha value is -3.07. The molecule has 2 aromatic carbocycles. The summed E-state index contributed by atoms with van der Waals surface area (Å²) in [4.78, 5) is 24.2. The van der Waals surface area contributed by atoms with Crippen molar-refractivity contribution < 1.29 is 22.7 Å². The van der Waals surface area contributed by atoms with Crippen LogP contribution in [0.5, 0.6) is 0 Å². The van der Waals surface area contributed by atoms with Crippen molar-refractivity contribution in [3.63, 3.8) is 0 Å². The van der Waals surface area contributed by atoms with Gasteiger partial charge in [0.25, 0.3) is 10.0 Å². The average Bonchev–Trinajstić information content (AvgIpc) is 2.95. The topological polar surface area (TPSA) is 114 Å². The minimum absolute atomic E-state index is 0.000831. The van der Waals surface area contributed by atoms with Crippen LogP contribution in [0.3, 0.4) is 0 Å². The van der Waals surface area contributed by atoms with Crippen LogP contribution in [0.2, 0.25) is 0 Å². The van der Waals surface area contributed by atoms with Gasteiger partial charge in [-0.3, -0.25) is 5.32 Å². The molecule has 234 valence electrons. The molecule has 0 aliphatic heterocycles. The van der Waals surface area contributed by atoms with Crippen LogP contribution in [0, 0.1) is 6.92 Å². The van der Waals surface area contributed by atoms with Crippen LogP contribution >= 0.6 is 0 Å². The molecule has 0 aromatic heterocycles.